The van der Waals surface area contributed by atoms with E-state index in [1.807, 2.05) is 24.3 Å². The molecule has 2 N–H and O–H groups in total. The highest BCUT2D eigenvalue weighted by molar-refractivity contribution is 6.34. The van der Waals surface area contributed by atoms with Crippen LogP contribution in [0.4, 0.5) is 5.69 Å². The van der Waals surface area contributed by atoms with Crippen LogP contribution in [0.25, 0.3) is 17.0 Å². The number of carbonyl (C=O) groups excluding carboxylic acids is 2. The molecule has 0 radical (unpaired) electrons. The number of nitrogens with zero attached hydrogens (tertiary/aromatic N) is 3. The molecular weight excluding hydrogens is 642 g/mol. The van der Waals surface area contributed by atoms with Crippen molar-refractivity contribution in [3.63, 3.8) is 0 Å². The predicted octanol–water partition coefficient (Wildman–Crippen LogP) is 9.52. The van der Waals surface area contributed by atoms with Crippen molar-refractivity contribution in [2.45, 2.75) is 117 Å². The van der Waals surface area contributed by atoms with E-state index < -0.39 is 18.0 Å². The molecule has 4 rings (SSSR count). The smallest absolute Gasteiger partial charge is 0.347 e. The Kier molecular flexibility index (Phi) is 14.4. The molecule has 0 fully saturated rings. The van der Waals surface area contributed by atoms with Gasteiger partial charge in [0.1, 0.15) is 10.8 Å². The predicted molar refractivity (Wildman–Crippen MR) is 194 cm³/mol. The van der Waals surface area contributed by atoms with E-state index in [4.69, 9.17) is 25.8 Å². The normalized spacial score (nSPS) is 12.2. The maximum absolute atomic E-state index is 13.0. The molecule has 0 aliphatic carbocycles. The van der Waals surface area contributed by atoms with E-state index in [-0.39, 0.29) is 18.8 Å². The number of hydrogen-bond donors (Lipinski definition) is 2. The van der Waals surface area contributed by atoms with Gasteiger partial charge in [-0.1, -0.05) is 103 Å². The molecule has 2 heterocycles. The zero-order chi connectivity index (χ0) is 35.2. The van der Waals surface area contributed by atoms with Crippen LogP contribution in [-0.4, -0.2) is 51.2 Å². The number of aromatic amines is 1. The van der Waals surface area contributed by atoms with Gasteiger partial charge in [0, 0.05) is 16.7 Å². The molecule has 4 aromatic rings. The van der Waals surface area contributed by atoms with Crippen LogP contribution in [0.5, 0.6) is 5.75 Å². The molecule has 0 spiro atoms. The molecule has 0 aliphatic heterocycles. The summed E-state index contributed by atoms with van der Waals surface area (Å²) in [6.07, 6.45) is 11.4. The van der Waals surface area contributed by atoms with E-state index in [2.05, 4.69) is 48.2 Å². The number of nitrogens with one attached hydrogen (secondary N) is 2. The molecule has 0 amide bonds. The lowest BCUT2D eigenvalue weighted by Gasteiger charge is -2.17. The van der Waals surface area contributed by atoms with Crippen LogP contribution < -0.4 is 10.1 Å². The Morgan fingerprint density at radius 2 is 1.61 bits per heavy atom. The minimum Gasteiger partial charge on any atom is -0.473 e. The SMILES string of the molecule is CCCCCCCCCCCCC(OC(=O)c1cccc(OCNc2ccc(-c3nc4c(Cl)c(C(C)(C)C)[nH]n4n3)cc2)c1)C(=O)OCC. The van der Waals surface area contributed by atoms with Gasteiger partial charge >= 0.3 is 11.9 Å². The quantitative estimate of drug-likeness (QED) is 0.0534. The number of fused-ring (bicyclic) bond motifs is 1. The largest absolute Gasteiger partial charge is 0.473 e. The van der Waals surface area contributed by atoms with Crippen LogP contribution in [0.2, 0.25) is 5.02 Å². The van der Waals surface area contributed by atoms with Gasteiger partial charge in [-0.3, -0.25) is 5.10 Å². The maximum atomic E-state index is 13.0. The lowest BCUT2D eigenvalue weighted by molar-refractivity contribution is -0.153. The van der Waals surface area contributed by atoms with Crippen molar-refractivity contribution in [3.05, 3.63) is 64.8 Å². The second kappa shape index (κ2) is 18.6. The van der Waals surface area contributed by atoms with Gasteiger partial charge in [-0.2, -0.15) is 4.63 Å². The molecule has 2 aromatic carbocycles. The fourth-order valence-corrected chi connectivity index (χ4v) is 5.99. The van der Waals surface area contributed by atoms with E-state index in [1.165, 1.54) is 44.9 Å². The molecule has 266 valence electrons. The first-order valence-electron chi connectivity index (χ1n) is 17.7. The lowest BCUT2D eigenvalue weighted by atomic mass is 9.92. The minimum atomic E-state index is -0.931. The van der Waals surface area contributed by atoms with Gasteiger partial charge in [0.05, 0.1) is 17.9 Å². The third-order valence-electron chi connectivity index (χ3n) is 8.34. The Morgan fingerprint density at radius 3 is 2.24 bits per heavy atom. The Bertz CT molecular complexity index is 1630. The number of halogens is 1. The first-order chi connectivity index (χ1) is 23.6. The third-order valence-corrected chi connectivity index (χ3v) is 8.70. The summed E-state index contributed by atoms with van der Waals surface area (Å²) >= 11 is 6.58. The molecule has 0 saturated heterocycles. The standard InChI is InChI=1S/C38H52ClN5O5/c1-6-8-9-10-11-12-13-14-15-16-20-31(37(46)47-7-2)49-36(45)28-18-17-19-30(25-28)48-26-40-29-23-21-27(22-24-29)34-41-35-32(39)33(38(3,4)5)42-44(35)43-34/h17-19,21-25,31,40,42H,6-16,20,26H2,1-5H3. The summed E-state index contributed by atoms with van der Waals surface area (Å²) in [6, 6.07) is 14.4. The monoisotopic (exact) mass is 693 g/mol. The van der Waals surface area contributed by atoms with Crippen molar-refractivity contribution in [1.29, 1.82) is 0 Å². The molecule has 10 nitrogen and oxygen atoms in total. The number of benzene rings is 2. The summed E-state index contributed by atoms with van der Waals surface area (Å²) < 4.78 is 18.3. The Labute approximate surface area is 295 Å². The van der Waals surface area contributed by atoms with Crippen LogP contribution in [0.1, 0.15) is 121 Å². The number of unbranched alkanes of at least 4 members (excludes halogenated alkanes) is 9. The Balaban J connectivity index is 1.24. The molecular formula is C38H52ClN5O5. The molecule has 0 bridgehead atoms. The van der Waals surface area contributed by atoms with Crippen molar-refractivity contribution < 1.29 is 23.8 Å². The van der Waals surface area contributed by atoms with Crippen LogP contribution >= 0.6 is 11.6 Å². The Morgan fingerprint density at radius 1 is 0.939 bits per heavy atom. The van der Waals surface area contributed by atoms with Gasteiger partial charge in [0.2, 0.25) is 0 Å². The average molecular weight is 694 g/mol. The molecule has 0 aliphatic rings. The number of ether oxygens (including phenoxy) is 3. The van der Waals surface area contributed by atoms with E-state index in [9.17, 15) is 9.59 Å². The zero-order valence-electron chi connectivity index (χ0n) is 29.6. The van der Waals surface area contributed by atoms with Gasteiger partial charge in [0.15, 0.2) is 24.3 Å². The summed E-state index contributed by atoms with van der Waals surface area (Å²) in [7, 11) is 0. The number of aromatic nitrogens is 4. The summed E-state index contributed by atoms with van der Waals surface area (Å²) in [5, 5.41) is 11.6. The molecule has 11 heteroatoms. The van der Waals surface area contributed by atoms with E-state index >= 15 is 0 Å². The van der Waals surface area contributed by atoms with Crippen LogP contribution in [0, 0.1) is 0 Å². The zero-order valence-corrected chi connectivity index (χ0v) is 30.4. The van der Waals surface area contributed by atoms with Crippen LogP contribution in [-0.2, 0) is 19.7 Å². The van der Waals surface area contributed by atoms with Crippen molar-refractivity contribution in [3.8, 4) is 17.1 Å². The van der Waals surface area contributed by atoms with Crippen LogP contribution in [0.3, 0.4) is 0 Å². The fraction of sp³-hybridized carbons (Fsp3) is 0.526. The molecule has 0 saturated carbocycles. The minimum absolute atomic E-state index is 0.154. The van der Waals surface area contributed by atoms with Gasteiger partial charge < -0.3 is 19.5 Å². The number of H-pyrrole nitrogens is 1. The number of anilines is 1. The van der Waals surface area contributed by atoms with E-state index in [0.717, 1.165) is 36.2 Å². The summed E-state index contributed by atoms with van der Waals surface area (Å²) in [5.41, 5.74) is 3.31. The van der Waals surface area contributed by atoms with Gasteiger partial charge in [-0.25, -0.2) is 14.6 Å². The van der Waals surface area contributed by atoms with Crippen molar-refractivity contribution in [2.24, 2.45) is 0 Å². The lowest BCUT2D eigenvalue weighted by Crippen LogP contribution is -2.29. The highest BCUT2D eigenvalue weighted by atomic mass is 35.5. The fourth-order valence-electron chi connectivity index (χ4n) is 5.55. The topological polar surface area (TPSA) is 120 Å². The van der Waals surface area contributed by atoms with Crippen LogP contribution in [0.15, 0.2) is 48.5 Å². The average Bonchev–Trinajstić information content (AvgIpc) is 3.65. The Hall–Kier alpha value is -4.05. The van der Waals surface area contributed by atoms with Gasteiger partial charge in [-0.15, -0.1) is 5.10 Å². The first kappa shape index (κ1) is 37.8. The summed E-state index contributed by atoms with van der Waals surface area (Å²) in [6.45, 7) is 10.6. The summed E-state index contributed by atoms with van der Waals surface area (Å²) in [5.74, 6) is -0.0349. The number of carbonyl (C=O) groups is 2. The highest BCUT2D eigenvalue weighted by Gasteiger charge is 2.26. The maximum Gasteiger partial charge on any atom is 0.347 e. The number of rotatable bonds is 20. The highest BCUT2D eigenvalue weighted by Crippen LogP contribution is 2.32. The second-order valence-electron chi connectivity index (χ2n) is 13.4. The number of hydrogen-bond acceptors (Lipinski definition) is 8. The van der Waals surface area contributed by atoms with Crippen molar-refractivity contribution >= 4 is 34.9 Å². The third kappa shape index (κ3) is 11.2. The van der Waals surface area contributed by atoms with Gasteiger partial charge in [0.25, 0.3) is 0 Å². The number of esters is 2. The van der Waals surface area contributed by atoms with Gasteiger partial charge in [-0.05, 0) is 62.2 Å². The van der Waals surface area contributed by atoms with Crippen molar-refractivity contribution in [1.82, 2.24) is 19.8 Å². The van der Waals surface area contributed by atoms with E-state index in [1.54, 1.807) is 35.8 Å². The van der Waals surface area contributed by atoms with Crippen molar-refractivity contribution in [2.75, 3.05) is 18.7 Å². The molecule has 2 aromatic heterocycles. The first-order valence-corrected chi connectivity index (χ1v) is 18.1. The van der Waals surface area contributed by atoms with E-state index in [0.29, 0.717) is 34.2 Å². The molecule has 49 heavy (non-hydrogen) atoms. The molecule has 1 atom stereocenters. The molecule has 1 unspecified atom stereocenters. The second-order valence-corrected chi connectivity index (χ2v) is 13.8. The summed E-state index contributed by atoms with van der Waals surface area (Å²) in [4.78, 5) is 30.2.